The first-order chi connectivity index (χ1) is 17.0. The molecule has 176 valence electrons. The van der Waals surface area contributed by atoms with Gasteiger partial charge in [-0.1, -0.05) is 72.0 Å². The van der Waals surface area contributed by atoms with Gasteiger partial charge < -0.3 is 9.47 Å². The van der Waals surface area contributed by atoms with Crippen molar-refractivity contribution in [3.05, 3.63) is 109 Å². The maximum Gasteiger partial charge on any atom is 0.338 e. The molecule has 4 aromatic rings. The Labute approximate surface area is 206 Å². The number of esters is 1. The number of allylic oxidation sites excluding steroid dienone is 1. The summed E-state index contributed by atoms with van der Waals surface area (Å²) in [7, 11) is 1.59. The molecule has 2 heterocycles. The highest BCUT2D eigenvalue weighted by Gasteiger charge is 2.36. The molecular formula is C28H24N2O4S. The summed E-state index contributed by atoms with van der Waals surface area (Å²) >= 11 is 1.31. The Balaban J connectivity index is 1.86. The number of fused-ring (bicyclic) bond motifs is 2. The molecule has 6 nitrogen and oxygen atoms in total. The quantitative estimate of drug-likeness (QED) is 0.402. The third-order valence-electron chi connectivity index (χ3n) is 6.04. The van der Waals surface area contributed by atoms with Gasteiger partial charge in [0.1, 0.15) is 11.8 Å². The Bertz CT molecular complexity index is 1650. The molecule has 7 heteroatoms. The molecule has 5 rings (SSSR count). The number of hydrogen-bond donors (Lipinski definition) is 0. The molecule has 35 heavy (non-hydrogen) atoms. The summed E-state index contributed by atoms with van der Waals surface area (Å²) in [6, 6.07) is 20.6. The lowest BCUT2D eigenvalue weighted by Crippen LogP contribution is -2.40. The smallest absolute Gasteiger partial charge is 0.338 e. The predicted octanol–water partition coefficient (Wildman–Crippen LogP) is 3.96. The fourth-order valence-electron chi connectivity index (χ4n) is 4.50. The first kappa shape index (κ1) is 22.8. The molecule has 0 aliphatic carbocycles. The number of carbonyl (C=O) groups is 1. The molecule has 0 amide bonds. The highest BCUT2D eigenvalue weighted by molar-refractivity contribution is 7.07. The van der Waals surface area contributed by atoms with E-state index in [1.807, 2.05) is 72.8 Å². The number of hydrogen-bond acceptors (Lipinski definition) is 6. The summed E-state index contributed by atoms with van der Waals surface area (Å²) in [4.78, 5) is 32.3. The van der Waals surface area contributed by atoms with Crippen LogP contribution in [0, 0.1) is 0 Å². The van der Waals surface area contributed by atoms with Crippen LogP contribution in [0.4, 0.5) is 0 Å². The van der Waals surface area contributed by atoms with Gasteiger partial charge in [0, 0.05) is 5.56 Å². The molecule has 0 bridgehead atoms. The van der Waals surface area contributed by atoms with Crippen LogP contribution in [-0.4, -0.2) is 24.3 Å². The molecule has 0 unspecified atom stereocenters. The van der Waals surface area contributed by atoms with E-state index < -0.39 is 12.0 Å². The van der Waals surface area contributed by atoms with Crippen LogP contribution >= 0.6 is 11.3 Å². The molecule has 3 aromatic carbocycles. The Morgan fingerprint density at radius 2 is 1.83 bits per heavy atom. The van der Waals surface area contributed by atoms with E-state index in [-0.39, 0.29) is 12.2 Å². The van der Waals surface area contributed by atoms with Crippen molar-refractivity contribution in [1.82, 2.24) is 4.57 Å². The largest absolute Gasteiger partial charge is 0.496 e. The second kappa shape index (κ2) is 9.35. The zero-order chi connectivity index (χ0) is 24.5. The summed E-state index contributed by atoms with van der Waals surface area (Å²) in [5.74, 6) is 0.0916. The Morgan fingerprint density at radius 1 is 1.09 bits per heavy atom. The Morgan fingerprint density at radius 3 is 2.57 bits per heavy atom. The fraction of sp³-hybridized carbons (Fsp3) is 0.179. The van der Waals surface area contributed by atoms with E-state index in [0.29, 0.717) is 26.4 Å². The normalized spacial score (nSPS) is 15.6. The van der Waals surface area contributed by atoms with Crippen molar-refractivity contribution in [1.29, 1.82) is 0 Å². The lowest BCUT2D eigenvalue weighted by Gasteiger charge is -2.27. The topological polar surface area (TPSA) is 69.9 Å². The number of methoxy groups -OCH3 is 1. The van der Waals surface area contributed by atoms with Crippen molar-refractivity contribution in [2.24, 2.45) is 4.99 Å². The van der Waals surface area contributed by atoms with E-state index in [4.69, 9.17) is 9.47 Å². The molecule has 0 fully saturated rings. The number of benzene rings is 3. The van der Waals surface area contributed by atoms with Crippen LogP contribution in [0.25, 0.3) is 16.8 Å². The Hall–Kier alpha value is -3.97. The summed E-state index contributed by atoms with van der Waals surface area (Å²) in [5.41, 5.74) is 2.29. The SMILES string of the molecule is CCOC(=O)C1=C(C)N=c2s/c(=C/c3ccccc3)c(=O)n2[C@@H]1c1c(OC)ccc2ccccc12. The number of aromatic nitrogens is 1. The first-order valence-corrected chi connectivity index (χ1v) is 12.2. The average Bonchev–Trinajstić information content (AvgIpc) is 3.17. The van der Waals surface area contributed by atoms with E-state index in [9.17, 15) is 9.59 Å². The van der Waals surface area contributed by atoms with Gasteiger partial charge >= 0.3 is 5.97 Å². The van der Waals surface area contributed by atoms with E-state index in [1.165, 1.54) is 11.3 Å². The van der Waals surface area contributed by atoms with Crippen LogP contribution in [0.3, 0.4) is 0 Å². The molecule has 1 aliphatic rings. The van der Waals surface area contributed by atoms with Crippen molar-refractivity contribution in [3.63, 3.8) is 0 Å². The monoisotopic (exact) mass is 484 g/mol. The maximum absolute atomic E-state index is 13.8. The predicted molar refractivity (Wildman–Crippen MR) is 137 cm³/mol. The highest BCUT2D eigenvalue weighted by Crippen LogP contribution is 2.40. The van der Waals surface area contributed by atoms with E-state index >= 15 is 0 Å². The summed E-state index contributed by atoms with van der Waals surface area (Å²) in [5, 5.41) is 1.87. The summed E-state index contributed by atoms with van der Waals surface area (Å²) < 4.78 is 13.3. The summed E-state index contributed by atoms with van der Waals surface area (Å²) in [6.07, 6.45) is 1.85. The molecule has 0 spiro atoms. The van der Waals surface area contributed by atoms with Gasteiger partial charge in [-0.15, -0.1) is 0 Å². The van der Waals surface area contributed by atoms with Gasteiger partial charge in [0.2, 0.25) is 0 Å². The third kappa shape index (κ3) is 3.98. The standard InChI is InChI=1S/C28H24N2O4S/c1-4-34-27(32)23-17(2)29-28-30(26(31)22(35-28)16-18-10-6-5-7-11-18)25(23)24-20-13-9-8-12-19(20)14-15-21(24)33-3/h5-16,25H,4H2,1-3H3/b22-16+/t25-/m0/s1. The molecule has 0 saturated heterocycles. The zero-order valence-corrected chi connectivity index (χ0v) is 20.5. The lowest BCUT2D eigenvalue weighted by atomic mass is 9.90. The van der Waals surface area contributed by atoms with Crippen LogP contribution in [-0.2, 0) is 9.53 Å². The van der Waals surface area contributed by atoms with Gasteiger partial charge in [-0.25, -0.2) is 9.79 Å². The van der Waals surface area contributed by atoms with Gasteiger partial charge in [0.05, 0.1) is 29.5 Å². The van der Waals surface area contributed by atoms with Gasteiger partial charge in [-0.2, -0.15) is 0 Å². The number of carbonyl (C=O) groups excluding carboxylic acids is 1. The van der Waals surface area contributed by atoms with E-state index in [1.54, 1.807) is 25.5 Å². The van der Waals surface area contributed by atoms with Crippen molar-refractivity contribution in [2.45, 2.75) is 19.9 Å². The van der Waals surface area contributed by atoms with Gasteiger partial charge in [-0.3, -0.25) is 9.36 Å². The maximum atomic E-state index is 13.8. The second-order valence-corrected chi connectivity index (χ2v) is 9.12. The van der Waals surface area contributed by atoms with Crippen LogP contribution < -0.4 is 19.6 Å². The van der Waals surface area contributed by atoms with Crippen molar-refractivity contribution in [3.8, 4) is 5.75 Å². The van der Waals surface area contributed by atoms with Crippen molar-refractivity contribution in [2.75, 3.05) is 13.7 Å². The molecule has 1 aliphatic heterocycles. The summed E-state index contributed by atoms with van der Waals surface area (Å²) in [6.45, 7) is 3.76. The van der Waals surface area contributed by atoms with Gasteiger partial charge in [0.15, 0.2) is 4.80 Å². The van der Waals surface area contributed by atoms with Crippen LogP contribution in [0.5, 0.6) is 5.75 Å². The fourth-order valence-corrected chi connectivity index (χ4v) is 5.55. The van der Waals surface area contributed by atoms with Crippen LogP contribution in [0.2, 0.25) is 0 Å². The van der Waals surface area contributed by atoms with Gasteiger partial charge in [0.25, 0.3) is 5.56 Å². The molecule has 1 atom stereocenters. The van der Waals surface area contributed by atoms with Crippen molar-refractivity contribution < 1.29 is 14.3 Å². The second-order valence-electron chi connectivity index (χ2n) is 8.12. The minimum absolute atomic E-state index is 0.216. The molecule has 0 radical (unpaired) electrons. The highest BCUT2D eigenvalue weighted by atomic mass is 32.1. The van der Waals surface area contributed by atoms with Crippen molar-refractivity contribution >= 4 is 34.2 Å². The molecule has 1 aromatic heterocycles. The number of nitrogens with zero attached hydrogens (tertiary/aromatic N) is 2. The number of rotatable bonds is 5. The minimum Gasteiger partial charge on any atom is -0.496 e. The lowest BCUT2D eigenvalue weighted by molar-refractivity contribution is -0.139. The molecule has 0 N–H and O–H groups in total. The van der Waals surface area contributed by atoms with Crippen LogP contribution in [0.15, 0.2) is 87.8 Å². The zero-order valence-electron chi connectivity index (χ0n) is 19.6. The third-order valence-corrected chi connectivity index (χ3v) is 7.02. The van der Waals surface area contributed by atoms with E-state index in [0.717, 1.165) is 21.9 Å². The number of thiazole rings is 1. The molecular weight excluding hydrogens is 460 g/mol. The van der Waals surface area contributed by atoms with Gasteiger partial charge in [-0.05, 0) is 42.3 Å². The molecule has 0 saturated carbocycles. The average molecular weight is 485 g/mol. The Kier molecular flexibility index (Phi) is 6.09. The number of ether oxygens (including phenoxy) is 2. The van der Waals surface area contributed by atoms with Crippen LogP contribution in [0.1, 0.15) is 31.0 Å². The minimum atomic E-state index is -0.746. The van der Waals surface area contributed by atoms with E-state index in [2.05, 4.69) is 4.99 Å². The first-order valence-electron chi connectivity index (χ1n) is 11.3.